The number of aromatic nitrogens is 3. The Kier molecular flexibility index (Phi) is 9.57. The number of nitrogens with zero attached hydrogens (tertiary/aromatic N) is 2. The lowest BCUT2D eigenvalue weighted by atomic mass is 9.95. The zero-order chi connectivity index (χ0) is 31.4. The van der Waals surface area contributed by atoms with E-state index in [1.165, 1.54) is 20.1 Å². The van der Waals surface area contributed by atoms with Gasteiger partial charge in [0.05, 0.1) is 33.1 Å². The van der Waals surface area contributed by atoms with Gasteiger partial charge in [0.25, 0.3) is 0 Å². The van der Waals surface area contributed by atoms with E-state index in [9.17, 15) is 14.4 Å². The van der Waals surface area contributed by atoms with Crippen molar-refractivity contribution in [3.05, 3.63) is 51.4 Å². The summed E-state index contributed by atoms with van der Waals surface area (Å²) in [5.74, 6) is 1.55. The molecule has 12 nitrogen and oxygen atoms in total. The van der Waals surface area contributed by atoms with Gasteiger partial charge in [-0.25, -0.2) is 0 Å². The lowest BCUT2D eigenvalue weighted by Gasteiger charge is -2.21. The first kappa shape index (κ1) is 31.3. The number of H-pyrrole nitrogens is 1. The van der Waals surface area contributed by atoms with E-state index in [4.69, 9.17) is 14.2 Å². The van der Waals surface area contributed by atoms with Crippen molar-refractivity contribution in [1.29, 1.82) is 0 Å². The molecule has 0 spiro atoms. The fraction of sp³-hybridized carbons (Fsp3) is 0.452. The second-order valence-electron chi connectivity index (χ2n) is 11.2. The van der Waals surface area contributed by atoms with Gasteiger partial charge in [-0.05, 0) is 53.6 Å². The third kappa shape index (κ3) is 6.58. The van der Waals surface area contributed by atoms with Crippen molar-refractivity contribution in [2.45, 2.75) is 65.5 Å². The van der Waals surface area contributed by atoms with Crippen LogP contribution >= 0.6 is 0 Å². The second-order valence-corrected chi connectivity index (χ2v) is 11.2. The van der Waals surface area contributed by atoms with Crippen LogP contribution in [0.25, 0.3) is 11.1 Å². The minimum atomic E-state index is -0.770. The Morgan fingerprint density at radius 1 is 1.02 bits per heavy atom. The summed E-state index contributed by atoms with van der Waals surface area (Å²) in [4.78, 5) is 43.6. The molecule has 0 bridgehead atoms. The molecule has 0 unspecified atom stereocenters. The Morgan fingerprint density at radius 2 is 1.74 bits per heavy atom. The first-order valence-corrected chi connectivity index (χ1v) is 14.3. The number of hydrogen-bond donors (Lipinski definition) is 4. The third-order valence-electron chi connectivity index (χ3n) is 7.46. The maximum absolute atomic E-state index is 13.7. The first-order valence-electron chi connectivity index (χ1n) is 14.3. The lowest BCUT2D eigenvalue weighted by molar-refractivity contribution is -0.120. The van der Waals surface area contributed by atoms with E-state index < -0.39 is 12.1 Å². The molecule has 4 N–H and O–H groups in total. The summed E-state index contributed by atoms with van der Waals surface area (Å²) in [7, 11) is 4.64. The highest BCUT2D eigenvalue weighted by Gasteiger charge is 2.30. The molecule has 0 fully saturated rings. The van der Waals surface area contributed by atoms with E-state index in [1.807, 2.05) is 39.8 Å². The monoisotopic (exact) mass is 592 g/mol. The molecule has 2 atom stereocenters. The highest BCUT2D eigenvalue weighted by atomic mass is 16.5. The standard InChI is InChI=1S/C31H40N6O6/c1-15(2)26(30(40)35-31-34-29(16(3)4)36-37-31)33-22-12-10-19-20(14-23(22)39)21(32-17(5)38)11-9-18-13-24(41-6)27(42-7)28(43-8)25(18)19/h10,12-16,21,26H,9,11H2,1-8H3,(H,32,38)(H,33,39)(H2,34,35,36,37,40)/t21-,26-/m0/s1. The number of carbonyl (C=O) groups excluding carboxylic acids is 2. The summed E-state index contributed by atoms with van der Waals surface area (Å²) in [6, 6.07) is 5.67. The molecule has 0 radical (unpaired) electrons. The molecule has 12 heteroatoms. The van der Waals surface area contributed by atoms with Gasteiger partial charge >= 0.3 is 0 Å². The van der Waals surface area contributed by atoms with E-state index in [0.29, 0.717) is 47.0 Å². The predicted molar refractivity (Wildman–Crippen MR) is 164 cm³/mol. The molecule has 0 saturated carbocycles. The molecule has 1 aromatic heterocycles. The summed E-state index contributed by atoms with van der Waals surface area (Å²) in [6.07, 6.45) is 1.13. The van der Waals surface area contributed by atoms with Gasteiger partial charge in [-0.1, -0.05) is 33.8 Å². The molecule has 1 aliphatic rings. The number of methoxy groups -OCH3 is 3. The zero-order valence-electron chi connectivity index (χ0n) is 25.9. The van der Waals surface area contributed by atoms with Crippen LogP contribution in [0, 0.1) is 5.92 Å². The van der Waals surface area contributed by atoms with Gasteiger partial charge in [0, 0.05) is 18.4 Å². The van der Waals surface area contributed by atoms with Crippen LogP contribution in [0.2, 0.25) is 0 Å². The smallest absolute Gasteiger partial charge is 0.249 e. The van der Waals surface area contributed by atoms with Crippen LogP contribution in [-0.2, 0) is 16.0 Å². The SMILES string of the molecule is COc1cc2c(c(OC)c1OC)-c1ccc(N[C@H](C(=O)Nc3n[nH]c(C(C)C)n3)C(C)C)c(=O)cc1[C@@H](NC(C)=O)CC2. The van der Waals surface area contributed by atoms with Gasteiger partial charge < -0.3 is 24.8 Å². The number of hydrogen-bond acceptors (Lipinski definition) is 9. The maximum Gasteiger partial charge on any atom is 0.249 e. The minimum Gasteiger partial charge on any atom is -0.493 e. The molecule has 0 aliphatic heterocycles. The number of carbonyl (C=O) groups is 2. The summed E-state index contributed by atoms with van der Waals surface area (Å²) in [5, 5.41) is 15.8. The van der Waals surface area contributed by atoms with E-state index in [2.05, 4.69) is 31.1 Å². The summed E-state index contributed by atoms with van der Waals surface area (Å²) in [5.41, 5.74) is 2.88. The number of nitrogens with one attached hydrogen (secondary N) is 4. The molecule has 2 aromatic carbocycles. The molecule has 1 aliphatic carbocycles. The van der Waals surface area contributed by atoms with Crippen molar-refractivity contribution in [3.8, 4) is 28.4 Å². The fourth-order valence-electron chi connectivity index (χ4n) is 5.31. The van der Waals surface area contributed by atoms with Crippen LogP contribution in [0.4, 0.5) is 11.6 Å². The van der Waals surface area contributed by atoms with Crippen LogP contribution in [0.3, 0.4) is 0 Å². The molecule has 43 heavy (non-hydrogen) atoms. The Hall–Kier alpha value is -4.61. The van der Waals surface area contributed by atoms with Gasteiger partial charge in [-0.15, -0.1) is 5.10 Å². The normalized spacial score (nSPS) is 14.7. The van der Waals surface area contributed by atoms with Gasteiger partial charge in [0.2, 0.25) is 28.9 Å². The summed E-state index contributed by atoms with van der Waals surface area (Å²) < 4.78 is 17.1. The van der Waals surface area contributed by atoms with Gasteiger partial charge in [0.1, 0.15) is 11.9 Å². The highest BCUT2D eigenvalue weighted by molar-refractivity contribution is 5.95. The number of benzene rings is 1. The Bertz CT molecular complexity index is 1570. The topological polar surface area (TPSA) is 157 Å². The number of rotatable bonds is 10. The van der Waals surface area contributed by atoms with E-state index in [1.54, 1.807) is 20.3 Å². The minimum absolute atomic E-state index is 0.117. The van der Waals surface area contributed by atoms with Crippen LogP contribution in [0.5, 0.6) is 17.2 Å². The molecule has 4 rings (SSSR count). The van der Waals surface area contributed by atoms with Crippen molar-refractivity contribution in [3.63, 3.8) is 0 Å². The molecule has 230 valence electrons. The first-order chi connectivity index (χ1) is 20.5. The van der Waals surface area contributed by atoms with Crippen molar-refractivity contribution >= 4 is 23.5 Å². The Morgan fingerprint density at radius 3 is 2.33 bits per heavy atom. The fourth-order valence-corrected chi connectivity index (χ4v) is 5.31. The zero-order valence-corrected chi connectivity index (χ0v) is 25.9. The average molecular weight is 593 g/mol. The van der Waals surface area contributed by atoms with E-state index in [-0.39, 0.29) is 40.7 Å². The van der Waals surface area contributed by atoms with Gasteiger partial charge in [0.15, 0.2) is 11.5 Å². The van der Waals surface area contributed by atoms with Crippen LogP contribution < -0.4 is 35.6 Å². The van der Waals surface area contributed by atoms with Crippen LogP contribution in [-0.4, -0.2) is 54.4 Å². The molecule has 0 saturated heterocycles. The number of aryl methyl sites for hydroxylation is 1. The molecular weight excluding hydrogens is 552 g/mol. The van der Waals surface area contributed by atoms with Gasteiger partial charge in [-0.2, -0.15) is 4.98 Å². The van der Waals surface area contributed by atoms with Crippen molar-refractivity contribution in [2.24, 2.45) is 5.92 Å². The highest BCUT2D eigenvalue weighted by Crippen LogP contribution is 2.50. The van der Waals surface area contributed by atoms with Crippen LogP contribution in [0.1, 0.15) is 70.0 Å². The number of anilines is 2. The number of ether oxygens (including phenoxy) is 3. The molecule has 2 amide bonds. The number of amides is 2. The molecule has 3 aromatic rings. The quantitative estimate of drug-likeness (QED) is 0.271. The van der Waals surface area contributed by atoms with Crippen molar-refractivity contribution < 1.29 is 23.8 Å². The number of fused-ring (bicyclic) bond motifs is 3. The Labute approximate surface area is 250 Å². The Balaban J connectivity index is 1.82. The van der Waals surface area contributed by atoms with E-state index in [0.717, 1.165) is 11.1 Å². The third-order valence-corrected chi connectivity index (χ3v) is 7.46. The number of aromatic amines is 1. The predicted octanol–water partition coefficient (Wildman–Crippen LogP) is 4.18. The lowest BCUT2D eigenvalue weighted by Crippen LogP contribution is -2.40. The van der Waals surface area contributed by atoms with Gasteiger partial charge in [-0.3, -0.25) is 24.8 Å². The van der Waals surface area contributed by atoms with Crippen molar-refractivity contribution in [2.75, 3.05) is 32.0 Å². The molecule has 1 heterocycles. The summed E-state index contributed by atoms with van der Waals surface area (Å²) in [6.45, 7) is 9.14. The van der Waals surface area contributed by atoms with Crippen molar-refractivity contribution in [1.82, 2.24) is 20.5 Å². The maximum atomic E-state index is 13.7. The second kappa shape index (κ2) is 13.1. The largest absolute Gasteiger partial charge is 0.493 e. The molecular formula is C31H40N6O6. The average Bonchev–Trinajstić information content (AvgIpc) is 3.31. The summed E-state index contributed by atoms with van der Waals surface area (Å²) >= 11 is 0. The van der Waals surface area contributed by atoms with E-state index >= 15 is 0 Å². The van der Waals surface area contributed by atoms with Crippen LogP contribution in [0.15, 0.2) is 29.1 Å².